The molecule has 0 fully saturated rings. The maximum atomic E-state index is 9.11. The van der Waals surface area contributed by atoms with Crippen molar-refractivity contribution in [3.05, 3.63) is 45.8 Å². The van der Waals surface area contributed by atoms with E-state index in [2.05, 4.69) is 21.4 Å². The fraction of sp³-hybridized carbons (Fsp3) is 0.417. The molecule has 0 spiro atoms. The maximum Gasteiger partial charge on any atom is 0.121 e. The van der Waals surface area contributed by atoms with Crippen molar-refractivity contribution < 1.29 is 0 Å². The van der Waals surface area contributed by atoms with Crippen molar-refractivity contribution in [3.8, 4) is 6.07 Å². The lowest BCUT2D eigenvalue weighted by Crippen LogP contribution is -2.22. The van der Waals surface area contributed by atoms with Crippen LogP contribution in [0.4, 0.5) is 0 Å². The first-order valence-corrected chi connectivity index (χ1v) is 5.49. The number of nitrogens with zero attached hydrogens (tertiary/aromatic N) is 4. The van der Waals surface area contributed by atoms with E-state index in [1.807, 2.05) is 31.2 Å². The van der Waals surface area contributed by atoms with Gasteiger partial charge in [0, 0.05) is 11.5 Å². The Hall–Kier alpha value is -2.02. The van der Waals surface area contributed by atoms with Crippen LogP contribution in [0.2, 0.25) is 0 Å². The van der Waals surface area contributed by atoms with Gasteiger partial charge in [-0.3, -0.25) is 5.32 Å². The van der Waals surface area contributed by atoms with Crippen LogP contribution < -0.4 is 5.32 Å². The number of nitriles is 1. The summed E-state index contributed by atoms with van der Waals surface area (Å²) in [6.45, 7) is 3.10. The topological polar surface area (TPSA) is 84.6 Å². The Kier molecular flexibility index (Phi) is 5.59. The Morgan fingerprint density at radius 3 is 2.94 bits per heavy atom. The summed E-state index contributed by atoms with van der Waals surface area (Å²) >= 11 is 0. The predicted molar refractivity (Wildman–Crippen MR) is 66.2 cm³/mol. The van der Waals surface area contributed by atoms with Gasteiger partial charge in [0.25, 0.3) is 0 Å². The third-order valence-electron chi connectivity index (χ3n) is 2.48. The molecule has 0 saturated heterocycles. The Morgan fingerprint density at radius 2 is 2.29 bits per heavy atom. The summed E-state index contributed by atoms with van der Waals surface area (Å²) < 4.78 is 0. The summed E-state index contributed by atoms with van der Waals surface area (Å²) in [5.41, 5.74) is 10.2. The van der Waals surface area contributed by atoms with Gasteiger partial charge >= 0.3 is 0 Å². The highest BCUT2D eigenvalue weighted by Crippen LogP contribution is 2.16. The summed E-state index contributed by atoms with van der Waals surface area (Å²) in [7, 11) is 0. The molecule has 1 aromatic carbocycles. The second kappa shape index (κ2) is 7.29. The number of aryl methyl sites for hydroxylation is 1. The van der Waals surface area contributed by atoms with Gasteiger partial charge in [0.05, 0.1) is 6.07 Å². The summed E-state index contributed by atoms with van der Waals surface area (Å²) in [6.07, 6.45) is 0.730. The summed E-state index contributed by atoms with van der Waals surface area (Å²) in [5.74, 6) is 0. The highest BCUT2D eigenvalue weighted by molar-refractivity contribution is 5.32. The molecule has 1 rings (SSSR count). The molecule has 17 heavy (non-hydrogen) atoms. The molecule has 5 nitrogen and oxygen atoms in total. The molecule has 0 radical (unpaired) electrons. The predicted octanol–water partition coefficient (Wildman–Crippen LogP) is 2.85. The van der Waals surface area contributed by atoms with E-state index in [-0.39, 0.29) is 6.04 Å². The Bertz CT molecular complexity index is 442. The number of nitrogens with one attached hydrogen (secondary N) is 1. The second-order valence-electron chi connectivity index (χ2n) is 3.68. The first-order chi connectivity index (χ1) is 8.29. The fourth-order valence-electron chi connectivity index (χ4n) is 1.58. The van der Waals surface area contributed by atoms with Crippen LogP contribution in [0.25, 0.3) is 10.4 Å². The van der Waals surface area contributed by atoms with Crippen molar-refractivity contribution in [2.45, 2.75) is 19.4 Å². The first-order valence-electron chi connectivity index (χ1n) is 5.49. The van der Waals surface area contributed by atoms with Gasteiger partial charge in [-0.2, -0.15) is 5.26 Å². The quantitative estimate of drug-likeness (QED) is 0.352. The molecule has 0 aliphatic heterocycles. The molecule has 88 valence electrons. The first kappa shape index (κ1) is 13.0. The van der Waals surface area contributed by atoms with Gasteiger partial charge in [-0.15, -0.1) is 0 Å². The normalized spacial score (nSPS) is 11.3. The Balaban J connectivity index is 2.53. The van der Waals surface area contributed by atoms with E-state index in [1.165, 1.54) is 0 Å². The molecule has 0 aliphatic carbocycles. The van der Waals surface area contributed by atoms with Crippen molar-refractivity contribution in [1.29, 1.82) is 5.26 Å². The number of hydrogen-bond acceptors (Lipinski definition) is 3. The van der Waals surface area contributed by atoms with Crippen molar-refractivity contribution in [3.63, 3.8) is 0 Å². The lowest BCUT2D eigenvalue weighted by atomic mass is 10.0. The summed E-state index contributed by atoms with van der Waals surface area (Å²) in [4.78, 5) is 2.68. The molecule has 1 aromatic rings. The minimum atomic E-state index is -0.303. The van der Waals surface area contributed by atoms with E-state index >= 15 is 0 Å². The average Bonchev–Trinajstić information content (AvgIpc) is 2.35. The van der Waals surface area contributed by atoms with Crippen molar-refractivity contribution >= 4 is 0 Å². The van der Waals surface area contributed by atoms with E-state index in [9.17, 15) is 0 Å². The number of benzene rings is 1. The molecule has 1 unspecified atom stereocenters. The highest BCUT2D eigenvalue weighted by Gasteiger charge is 2.10. The molecule has 1 N–H and O–H groups in total. The van der Waals surface area contributed by atoms with Crippen LogP contribution in [0, 0.1) is 18.3 Å². The van der Waals surface area contributed by atoms with Crippen LogP contribution in [-0.4, -0.2) is 13.1 Å². The second-order valence-corrected chi connectivity index (χ2v) is 3.68. The standard InChI is InChI=1S/C12H15N5/c1-10-5-2-3-6-11(10)12(9-13)15-7-4-8-16-17-14/h2-3,5-6,12,15H,4,7-8H2,1H3. The average molecular weight is 229 g/mol. The van der Waals surface area contributed by atoms with Crippen LogP contribution in [0.15, 0.2) is 29.4 Å². The van der Waals surface area contributed by atoms with E-state index < -0.39 is 0 Å². The van der Waals surface area contributed by atoms with Crippen LogP contribution in [0.3, 0.4) is 0 Å². The zero-order chi connectivity index (χ0) is 12.5. The minimum absolute atomic E-state index is 0.303. The Morgan fingerprint density at radius 1 is 1.53 bits per heavy atom. The van der Waals surface area contributed by atoms with E-state index in [1.54, 1.807) is 0 Å². The summed E-state index contributed by atoms with van der Waals surface area (Å²) in [6, 6.07) is 9.75. The highest BCUT2D eigenvalue weighted by atomic mass is 15.1. The number of hydrogen-bond donors (Lipinski definition) is 1. The smallest absolute Gasteiger partial charge is 0.121 e. The van der Waals surface area contributed by atoms with Gasteiger partial charge < -0.3 is 0 Å². The van der Waals surface area contributed by atoms with Crippen molar-refractivity contribution in [2.75, 3.05) is 13.1 Å². The lowest BCUT2D eigenvalue weighted by molar-refractivity contribution is 0.605. The van der Waals surface area contributed by atoms with E-state index in [0.717, 1.165) is 17.5 Å². The molecule has 5 heteroatoms. The van der Waals surface area contributed by atoms with Gasteiger partial charge in [-0.05, 0) is 36.5 Å². The lowest BCUT2D eigenvalue weighted by Gasteiger charge is -2.13. The van der Waals surface area contributed by atoms with Crippen molar-refractivity contribution in [1.82, 2.24) is 5.32 Å². The fourth-order valence-corrected chi connectivity index (χ4v) is 1.58. The monoisotopic (exact) mass is 229 g/mol. The molecule has 0 heterocycles. The van der Waals surface area contributed by atoms with Gasteiger partial charge in [0.15, 0.2) is 0 Å². The molecular formula is C12H15N5. The SMILES string of the molecule is Cc1ccccc1C(C#N)NCCCN=[N+]=[N-]. The van der Waals surface area contributed by atoms with Crippen LogP contribution in [0.5, 0.6) is 0 Å². The molecule has 0 amide bonds. The zero-order valence-corrected chi connectivity index (χ0v) is 9.80. The van der Waals surface area contributed by atoms with E-state index in [0.29, 0.717) is 13.1 Å². The molecule has 0 bridgehead atoms. The van der Waals surface area contributed by atoms with Crippen LogP contribution >= 0.6 is 0 Å². The van der Waals surface area contributed by atoms with Gasteiger partial charge in [0.2, 0.25) is 0 Å². The molecule has 1 atom stereocenters. The van der Waals surface area contributed by atoms with Crippen LogP contribution in [-0.2, 0) is 0 Å². The third-order valence-corrected chi connectivity index (χ3v) is 2.48. The molecular weight excluding hydrogens is 214 g/mol. The van der Waals surface area contributed by atoms with Crippen molar-refractivity contribution in [2.24, 2.45) is 5.11 Å². The zero-order valence-electron chi connectivity index (χ0n) is 9.80. The summed E-state index contributed by atoms with van der Waals surface area (Å²) in [5, 5.41) is 15.7. The molecule has 0 aromatic heterocycles. The van der Waals surface area contributed by atoms with Gasteiger partial charge in [0.1, 0.15) is 6.04 Å². The van der Waals surface area contributed by atoms with Gasteiger partial charge in [-0.1, -0.05) is 29.4 Å². The van der Waals surface area contributed by atoms with E-state index in [4.69, 9.17) is 10.8 Å². The third kappa shape index (κ3) is 4.15. The molecule has 0 saturated carbocycles. The van der Waals surface area contributed by atoms with Gasteiger partial charge in [-0.25, -0.2) is 0 Å². The number of rotatable bonds is 6. The molecule has 0 aliphatic rings. The maximum absolute atomic E-state index is 9.11. The van der Waals surface area contributed by atoms with Crippen LogP contribution in [0.1, 0.15) is 23.6 Å². The minimum Gasteiger partial charge on any atom is -0.298 e. The Labute approximate surface area is 101 Å². The number of azide groups is 1. The largest absolute Gasteiger partial charge is 0.298 e.